The van der Waals surface area contributed by atoms with Gasteiger partial charge in [-0.25, -0.2) is 0 Å². The predicted octanol–water partition coefficient (Wildman–Crippen LogP) is 4.98. The molecule has 1 aromatic heterocycles. The largest absolute Gasteiger partial charge is 0.486 e. The van der Waals surface area contributed by atoms with Crippen LogP contribution >= 0.6 is 11.6 Å². The molecule has 3 aromatic rings. The van der Waals surface area contributed by atoms with Crippen LogP contribution in [0.2, 0.25) is 5.02 Å². The molecule has 7 nitrogen and oxygen atoms in total. The summed E-state index contributed by atoms with van der Waals surface area (Å²) in [5.74, 6) is 0.776. The number of nitro groups is 1. The molecule has 27 heavy (non-hydrogen) atoms. The second kappa shape index (κ2) is 7.92. The first-order valence-corrected chi connectivity index (χ1v) is 8.33. The van der Waals surface area contributed by atoms with Crippen molar-refractivity contribution in [3.05, 3.63) is 86.8 Å². The molecule has 0 spiro atoms. The van der Waals surface area contributed by atoms with Gasteiger partial charge in [0.1, 0.15) is 18.1 Å². The van der Waals surface area contributed by atoms with Gasteiger partial charge in [0.2, 0.25) is 0 Å². The van der Waals surface area contributed by atoms with Gasteiger partial charge >= 0.3 is 0 Å². The number of rotatable bonds is 6. The number of non-ortho nitro benzene ring substituents is 1. The molecule has 1 amide bonds. The van der Waals surface area contributed by atoms with Crippen molar-refractivity contribution in [3.63, 3.8) is 0 Å². The molecule has 0 bridgehead atoms. The van der Waals surface area contributed by atoms with Crippen LogP contribution in [0, 0.1) is 17.0 Å². The van der Waals surface area contributed by atoms with Gasteiger partial charge in [0.25, 0.3) is 11.6 Å². The fourth-order valence-corrected chi connectivity index (χ4v) is 2.42. The van der Waals surface area contributed by atoms with Crippen molar-refractivity contribution in [2.75, 3.05) is 5.32 Å². The fourth-order valence-electron chi connectivity index (χ4n) is 2.30. The maximum absolute atomic E-state index is 12.2. The zero-order chi connectivity index (χ0) is 19.4. The van der Waals surface area contributed by atoms with Crippen LogP contribution in [0.25, 0.3) is 0 Å². The van der Waals surface area contributed by atoms with Gasteiger partial charge < -0.3 is 14.5 Å². The Morgan fingerprint density at radius 3 is 2.59 bits per heavy atom. The van der Waals surface area contributed by atoms with E-state index in [0.717, 1.165) is 5.56 Å². The molecule has 1 heterocycles. The van der Waals surface area contributed by atoms with Gasteiger partial charge in [-0.15, -0.1) is 0 Å². The molecule has 0 radical (unpaired) electrons. The molecule has 0 aliphatic carbocycles. The lowest BCUT2D eigenvalue weighted by atomic mass is 10.2. The third-order valence-corrected chi connectivity index (χ3v) is 4.16. The summed E-state index contributed by atoms with van der Waals surface area (Å²) in [5.41, 5.74) is 1.27. The third-order valence-electron chi connectivity index (χ3n) is 3.73. The van der Waals surface area contributed by atoms with Crippen molar-refractivity contribution < 1.29 is 18.9 Å². The standard InChI is InChI=1S/C19H15ClN2O5/c1-12-10-15(6-8-17(12)20)26-11-16-7-9-18(27-16)19(23)21-13-2-4-14(5-3-13)22(24)25/h2-10H,11H2,1H3,(H,21,23). The summed E-state index contributed by atoms with van der Waals surface area (Å²) in [4.78, 5) is 22.3. The lowest BCUT2D eigenvalue weighted by Gasteiger charge is -2.06. The smallest absolute Gasteiger partial charge is 0.291 e. The van der Waals surface area contributed by atoms with Crippen LogP contribution in [0.1, 0.15) is 21.9 Å². The minimum Gasteiger partial charge on any atom is -0.486 e. The van der Waals surface area contributed by atoms with Crippen molar-refractivity contribution in [2.45, 2.75) is 13.5 Å². The average Bonchev–Trinajstić information content (AvgIpc) is 3.12. The number of ether oxygens (including phenoxy) is 1. The van der Waals surface area contributed by atoms with E-state index in [0.29, 0.717) is 22.2 Å². The molecule has 0 unspecified atom stereocenters. The van der Waals surface area contributed by atoms with E-state index in [4.69, 9.17) is 20.8 Å². The summed E-state index contributed by atoms with van der Waals surface area (Å²) in [6.07, 6.45) is 0. The van der Waals surface area contributed by atoms with E-state index in [-0.39, 0.29) is 18.1 Å². The molecule has 8 heteroatoms. The van der Waals surface area contributed by atoms with Crippen LogP contribution in [0.15, 0.2) is 59.0 Å². The number of hydrogen-bond acceptors (Lipinski definition) is 5. The first kappa shape index (κ1) is 18.5. The second-order valence-corrected chi connectivity index (χ2v) is 6.13. The van der Waals surface area contributed by atoms with Gasteiger partial charge in [-0.3, -0.25) is 14.9 Å². The van der Waals surface area contributed by atoms with Crippen LogP contribution in [0.4, 0.5) is 11.4 Å². The predicted molar refractivity (Wildman–Crippen MR) is 100 cm³/mol. The van der Waals surface area contributed by atoms with Crippen LogP contribution in [0.5, 0.6) is 5.75 Å². The van der Waals surface area contributed by atoms with E-state index in [2.05, 4.69) is 5.32 Å². The lowest BCUT2D eigenvalue weighted by molar-refractivity contribution is -0.384. The number of furan rings is 1. The zero-order valence-corrected chi connectivity index (χ0v) is 15.0. The van der Waals surface area contributed by atoms with Crippen molar-refractivity contribution in [2.24, 2.45) is 0 Å². The number of aryl methyl sites for hydroxylation is 1. The average molecular weight is 387 g/mol. The summed E-state index contributed by atoms with van der Waals surface area (Å²) in [5, 5.41) is 13.9. The van der Waals surface area contributed by atoms with Gasteiger partial charge in [-0.1, -0.05) is 11.6 Å². The summed E-state index contributed by atoms with van der Waals surface area (Å²) in [7, 11) is 0. The molecule has 0 aliphatic heterocycles. The van der Waals surface area contributed by atoms with Crippen LogP contribution in [0.3, 0.4) is 0 Å². The van der Waals surface area contributed by atoms with E-state index in [9.17, 15) is 14.9 Å². The van der Waals surface area contributed by atoms with Gasteiger partial charge in [0.05, 0.1) is 4.92 Å². The highest BCUT2D eigenvalue weighted by atomic mass is 35.5. The SMILES string of the molecule is Cc1cc(OCc2ccc(C(=O)Nc3ccc([N+](=O)[O-])cc3)o2)ccc1Cl. The van der Waals surface area contributed by atoms with E-state index < -0.39 is 10.8 Å². The minimum atomic E-state index is -0.507. The molecule has 1 N–H and O–H groups in total. The number of carbonyl (C=O) groups excluding carboxylic acids is 1. The Hall–Kier alpha value is -3.32. The number of anilines is 1. The van der Waals surface area contributed by atoms with Gasteiger partial charge in [0.15, 0.2) is 5.76 Å². The Morgan fingerprint density at radius 2 is 1.93 bits per heavy atom. The number of halogens is 1. The van der Waals surface area contributed by atoms with Crippen LogP contribution < -0.4 is 10.1 Å². The number of benzene rings is 2. The van der Waals surface area contributed by atoms with Gasteiger partial charge in [-0.05, 0) is 55.0 Å². The third kappa shape index (κ3) is 4.65. The number of nitrogens with one attached hydrogen (secondary N) is 1. The van der Waals surface area contributed by atoms with E-state index >= 15 is 0 Å². The normalized spacial score (nSPS) is 10.4. The topological polar surface area (TPSA) is 94.6 Å². The lowest BCUT2D eigenvalue weighted by Crippen LogP contribution is -2.10. The minimum absolute atomic E-state index is 0.0529. The Kier molecular flexibility index (Phi) is 5.42. The molecule has 0 fully saturated rings. The first-order chi connectivity index (χ1) is 12.9. The number of hydrogen-bond donors (Lipinski definition) is 1. The van der Waals surface area contributed by atoms with E-state index in [1.165, 1.54) is 30.3 Å². The van der Waals surface area contributed by atoms with Crippen LogP contribution in [-0.2, 0) is 6.61 Å². The van der Waals surface area contributed by atoms with E-state index in [1.807, 2.05) is 13.0 Å². The number of carbonyl (C=O) groups is 1. The fraction of sp³-hybridized carbons (Fsp3) is 0.105. The molecule has 2 aromatic carbocycles. The molecule has 0 atom stereocenters. The Morgan fingerprint density at radius 1 is 1.19 bits per heavy atom. The highest BCUT2D eigenvalue weighted by Gasteiger charge is 2.13. The zero-order valence-electron chi connectivity index (χ0n) is 14.3. The molecule has 0 saturated heterocycles. The summed E-state index contributed by atoms with van der Waals surface area (Å²) in [6.45, 7) is 2.04. The highest BCUT2D eigenvalue weighted by Crippen LogP contribution is 2.22. The monoisotopic (exact) mass is 386 g/mol. The van der Waals surface area contributed by atoms with Gasteiger partial charge in [-0.2, -0.15) is 0 Å². The van der Waals surface area contributed by atoms with Crippen molar-refractivity contribution in [1.82, 2.24) is 0 Å². The molecule has 0 saturated carbocycles. The summed E-state index contributed by atoms with van der Waals surface area (Å²) in [6, 6.07) is 14.0. The van der Waals surface area contributed by atoms with E-state index in [1.54, 1.807) is 18.2 Å². The molecule has 0 aliphatic rings. The Balaban J connectivity index is 1.59. The second-order valence-electron chi connectivity index (χ2n) is 5.72. The molecule has 3 rings (SSSR count). The first-order valence-electron chi connectivity index (χ1n) is 7.96. The number of amides is 1. The molecular weight excluding hydrogens is 372 g/mol. The summed E-state index contributed by atoms with van der Waals surface area (Å²) >= 11 is 5.97. The van der Waals surface area contributed by atoms with Crippen molar-refractivity contribution in [3.8, 4) is 5.75 Å². The Labute approximate surface area is 159 Å². The van der Waals surface area contributed by atoms with Gasteiger partial charge in [0, 0.05) is 22.8 Å². The Bertz CT molecular complexity index is 982. The summed E-state index contributed by atoms with van der Waals surface area (Å²) < 4.78 is 11.1. The molecule has 138 valence electrons. The maximum atomic E-state index is 12.2. The van der Waals surface area contributed by atoms with Crippen molar-refractivity contribution in [1.29, 1.82) is 0 Å². The van der Waals surface area contributed by atoms with Crippen LogP contribution in [-0.4, -0.2) is 10.8 Å². The highest BCUT2D eigenvalue weighted by molar-refractivity contribution is 6.31. The number of nitro benzene ring substituents is 1. The van der Waals surface area contributed by atoms with Crippen molar-refractivity contribution >= 4 is 28.9 Å². The maximum Gasteiger partial charge on any atom is 0.291 e. The number of nitrogens with zero attached hydrogens (tertiary/aromatic N) is 1. The quantitative estimate of drug-likeness (QED) is 0.476. The molecular formula is C19H15ClN2O5.